The Morgan fingerprint density at radius 2 is 1.64 bits per heavy atom. The van der Waals surface area contributed by atoms with Gasteiger partial charge < -0.3 is 65.3 Å². The number of H-pyrrole nitrogens is 1. The van der Waals surface area contributed by atoms with Gasteiger partial charge >= 0.3 is 34.4 Å². The normalized spacial score (nSPS) is 21.9. The molecule has 2 aromatic heterocycles. The van der Waals surface area contributed by atoms with Crippen LogP contribution in [-0.4, -0.2) is 131 Å². The number of fused-ring (bicyclic) bond motifs is 5. The van der Waals surface area contributed by atoms with Crippen LogP contribution in [0.25, 0.3) is 16.7 Å². The van der Waals surface area contributed by atoms with Crippen molar-refractivity contribution >= 4 is 80.5 Å². The maximum absolute atomic E-state index is 14.0. The third kappa shape index (κ3) is 10.3. The number of alkyl carbamates (subject to hydrolysis) is 1. The Morgan fingerprint density at radius 1 is 0.909 bits per heavy atom. The van der Waals surface area contributed by atoms with Crippen molar-refractivity contribution in [3.63, 3.8) is 0 Å². The van der Waals surface area contributed by atoms with Crippen molar-refractivity contribution in [1.29, 1.82) is 0 Å². The van der Waals surface area contributed by atoms with Gasteiger partial charge in [-0.3, -0.25) is 23.7 Å². The van der Waals surface area contributed by atoms with Gasteiger partial charge in [-0.05, 0) is 91.8 Å². The standard InChI is InChI=1S/C46H50N9O18P3S/c47-45-51-40-33(42(58)52-45)50-21-55(40)43-36(56)39(31(69-43)20-68-74(62,63)72-75(64,65)73-76(66,67)77)71-46(61)49-12-11-48-41(57)24-9-10-25(44(59)60)28(19-24)32-29-17-22-5-1-13-53-15-3-7-26(34(22)53)37(29)70-38-27-8-4-16-54-14-2-6-23(35(27)54)18-30(32)38/h9-10,17-19,21,31,36,39,43,56H,1-8,11-16,20H2,(H9-,47,48,49,51,52,57,58,59,60,61,62,63,64,65,66,67,77)/p+1/t31-,36-,39-,43-/m1/s1. The number of aliphatic hydroxyl groups is 1. The Hall–Kier alpha value is -5.96. The molecule has 0 bridgehead atoms. The van der Waals surface area contributed by atoms with Gasteiger partial charge in [-0.25, -0.2) is 32.6 Å². The van der Waals surface area contributed by atoms with E-state index in [1.807, 2.05) is 0 Å². The molecule has 0 aliphatic carbocycles. The number of carbonyl (C=O) groups is 3. The highest BCUT2D eigenvalue weighted by atomic mass is 32.5. The Balaban J connectivity index is 0.843. The van der Waals surface area contributed by atoms with Gasteiger partial charge in [-0.15, -0.1) is 0 Å². The number of aromatic carboxylic acids is 1. The highest BCUT2D eigenvalue weighted by Gasteiger charge is 2.50. The minimum absolute atomic E-state index is 0.00940. The fraction of sp³-hybridized carbons (Fsp3) is 0.413. The zero-order chi connectivity index (χ0) is 54.3. The number of nitrogen functional groups attached to an aromatic ring is 1. The summed E-state index contributed by atoms with van der Waals surface area (Å²) in [6.45, 7) is -2.74. The van der Waals surface area contributed by atoms with E-state index < -0.39 is 77.0 Å². The van der Waals surface area contributed by atoms with E-state index in [9.17, 15) is 58.1 Å². The summed E-state index contributed by atoms with van der Waals surface area (Å²) >= 11 is 4.11. The van der Waals surface area contributed by atoms with Crippen LogP contribution in [0.4, 0.5) is 16.4 Å². The molecule has 6 atom stereocenters. The van der Waals surface area contributed by atoms with Gasteiger partial charge in [0.15, 0.2) is 23.5 Å². The van der Waals surface area contributed by atoms with Crippen LogP contribution in [0.3, 0.4) is 0 Å². The summed E-state index contributed by atoms with van der Waals surface area (Å²) in [6.07, 6.45) is -0.0367. The largest absolute Gasteiger partial charge is 0.488 e. The number of nitrogens with one attached hydrogen (secondary N) is 3. The number of aryl methyl sites for hydroxylation is 2. The van der Waals surface area contributed by atoms with Crippen molar-refractivity contribution in [3.05, 3.63) is 102 Å². The summed E-state index contributed by atoms with van der Waals surface area (Å²) in [4.78, 5) is 104. The van der Waals surface area contributed by atoms with Crippen LogP contribution in [0.5, 0.6) is 11.5 Å². The lowest BCUT2D eigenvalue weighted by molar-refractivity contribution is -0.0508. The first-order chi connectivity index (χ1) is 36.6. The summed E-state index contributed by atoms with van der Waals surface area (Å²) in [7, 11) is -11.4. The highest BCUT2D eigenvalue weighted by Crippen LogP contribution is 2.66. The number of nitrogens with two attached hydrogens (primary N) is 1. The molecule has 27 nitrogen and oxygen atoms in total. The smallest absolute Gasteiger partial charge is 0.478 e. The van der Waals surface area contributed by atoms with Crippen molar-refractivity contribution < 1.29 is 80.7 Å². The number of hydrogen-bond donors (Lipinski definition) is 10. The number of phosphoric ester groups is 1. The summed E-state index contributed by atoms with van der Waals surface area (Å²) in [5.41, 5.74) is 12.2. The van der Waals surface area contributed by atoms with Gasteiger partial charge in [-0.2, -0.15) is 9.29 Å². The number of aliphatic hydroxyl groups excluding tert-OH is 1. The Labute approximate surface area is 440 Å². The van der Waals surface area contributed by atoms with E-state index in [0.717, 1.165) is 110 Å². The molecule has 2 unspecified atom stereocenters. The molecule has 8 heterocycles. The SMILES string of the molecule is Nc1nc2c(ncn2[C@@H]2O[C@H](COP(=O)(O)OP(=O)(O)OP(O)(O)=S)[C@@H](OC(=O)NCCNC(=O)c3ccc(C(=O)O)c(C4=c5cc6c7c(c5Oc5c4cc4c8c5CCCN8CCC4)CCC[N+]=7CCC6)c3)[C@H]2O)c(=O)[nH]1. The average molecular weight is 1140 g/mol. The molecule has 0 saturated carbocycles. The summed E-state index contributed by atoms with van der Waals surface area (Å²) in [6, 6.07) is 8.67. The number of rotatable bonds is 15. The number of phosphoric acid groups is 2. The molecule has 3 aromatic carbocycles. The molecule has 1 fully saturated rings. The van der Waals surface area contributed by atoms with Crippen LogP contribution in [-0.2, 0) is 69.2 Å². The first kappa shape index (κ1) is 53.1. The van der Waals surface area contributed by atoms with Crippen LogP contribution < -0.4 is 46.7 Å². The quantitative estimate of drug-likeness (QED) is 0.0391. The number of carbonyl (C=O) groups excluding carboxylic acids is 2. The van der Waals surface area contributed by atoms with E-state index in [0.29, 0.717) is 22.6 Å². The topological polar surface area (TPSA) is 382 Å². The van der Waals surface area contributed by atoms with Gasteiger partial charge in [-0.1, -0.05) is 0 Å². The van der Waals surface area contributed by atoms with Gasteiger partial charge in [0.1, 0.15) is 36.8 Å². The van der Waals surface area contributed by atoms with E-state index in [1.54, 1.807) is 6.07 Å². The Kier molecular flexibility index (Phi) is 14.0. The van der Waals surface area contributed by atoms with Crippen LogP contribution in [0, 0.1) is 0 Å². The molecule has 11 N–H and O–H groups in total. The maximum Gasteiger partial charge on any atom is 0.488 e. The molecule has 5 aromatic rings. The van der Waals surface area contributed by atoms with Gasteiger partial charge in [0.2, 0.25) is 11.3 Å². The number of hydrogen-bond acceptors (Lipinski definition) is 18. The van der Waals surface area contributed by atoms with E-state index in [1.165, 1.54) is 34.3 Å². The lowest BCUT2D eigenvalue weighted by Gasteiger charge is -2.39. The number of carboxylic acids is 1. The molecule has 1 saturated heterocycles. The van der Waals surface area contributed by atoms with Crippen molar-refractivity contribution in [2.24, 2.45) is 0 Å². The average Bonchev–Trinajstić information content (AvgIpc) is 3.93. The molecule has 6 aliphatic heterocycles. The molecular weight excluding hydrogens is 1090 g/mol. The van der Waals surface area contributed by atoms with E-state index in [4.69, 9.17) is 24.5 Å². The molecule has 408 valence electrons. The number of amides is 2. The molecular formula is C46H51N9O18P3S+. The van der Waals surface area contributed by atoms with Gasteiger partial charge in [0.05, 0.1) is 24.1 Å². The lowest BCUT2D eigenvalue weighted by atomic mass is 9.81. The van der Waals surface area contributed by atoms with Crippen LogP contribution in [0.1, 0.15) is 86.0 Å². The molecule has 2 amide bonds. The third-order valence-corrected chi connectivity index (χ3v) is 18.6. The predicted octanol–water partition coefficient (Wildman–Crippen LogP) is 1.08. The minimum Gasteiger partial charge on any atom is -0.478 e. The predicted molar refractivity (Wildman–Crippen MR) is 273 cm³/mol. The van der Waals surface area contributed by atoms with E-state index >= 15 is 0 Å². The number of nitrogens with zero attached hydrogens (tertiary/aromatic N) is 5. The van der Waals surface area contributed by atoms with Crippen LogP contribution in [0.15, 0.2) is 41.5 Å². The number of aromatic amines is 1. The molecule has 6 aliphatic rings. The molecule has 11 rings (SSSR count). The number of imidazole rings is 1. The zero-order valence-electron chi connectivity index (χ0n) is 40.5. The van der Waals surface area contributed by atoms with Crippen molar-refractivity contribution in [2.75, 3.05) is 56.5 Å². The van der Waals surface area contributed by atoms with Crippen molar-refractivity contribution in [1.82, 2.24) is 34.7 Å². The number of benzene rings is 3. The second kappa shape index (κ2) is 20.4. The molecule has 77 heavy (non-hydrogen) atoms. The second-order valence-corrected chi connectivity index (χ2v) is 25.0. The highest BCUT2D eigenvalue weighted by molar-refractivity contribution is 8.08. The fourth-order valence-corrected chi connectivity index (χ4v) is 15.1. The first-order valence-corrected chi connectivity index (χ1v) is 30.1. The Bertz CT molecular complexity index is 3680. The van der Waals surface area contributed by atoms with Crippen molar-refractivity contribution in [3.8, 4) is 11.5 Å². The monoisotopic (exact) mass is 1140 g/mol. The van der Waals surface area contributed by atoms with E-state index in [-0.39, 0.29) is 41.3 Å². The lowest BCUT2D eigenvalue weighted by Crippen LogP contribution is -2.45. The molecule has 0 spiro atoms. The maximum atomic E-state index is 14.0. The van der Waals surface area contributed by atoms with Gasteiger partial charge in [0, 0.05) is 77.8 Å². The number of ether oxygens (including phenoxy) is 3. The number of anilines is 2. The van der Waals surface area contributed by atoms with Crippen LogP contribution >= 0.6 is 22.4 Å². The number of aromatic nitrogens is 4. The van der Waals surface area contributed by atoms with Crippen LogP contribution in [0.2, 0.25) is 0 Å². The molecule has 0 radical (unpaired) electrons. The summed E-state index contributed by atoms with van der Waals surface area (Å²) in [5, 5.41) is 29.4. The minimum atomic E-state index is -5.74. The summed E-state index contributed by atoms with van der Waals surface area (Å²) in [5.74, 6) is -0.706. The second-order valence-electron chi connectivity index (χ2n) is 19.2. The molecule has 31 heteroatoms. The zero-order valence-corrected chi connectivity index (χ0v) is 44.0. The van der Waals surface area contributed by atoms with E-state index in [2.05, 4.69) is 67.6 Å². The van der Waals surface area contributed by atoms with Gasteiger partial charge in [0.25, 0.3) is 11.5 Å². The Morgan fingerprint density at radius 3 is 2.40 bits per heavy atom. The number of carboxylic acid groups (broad SMARTS) is 1. The first-order valence-electron chi connectivity index (χ1n) is 24.5. The fourth-order valence-electron chi connectivity index (χ4n) is 11.3. The van der Waals surface area contributed by atoms with Crippen molar-refractivity contribution in [2.45, 2.75) is 75.9 Å². The third-order valence-electron chi connectivity index (χ3n) is 14.2. The summed E-state index contributed by atoms with van der Waals surface area (Å²) < 4.78 is 59.6.